The Balaban J connectivity index is 2.61. The molecular formula is C9H8N2O5. The first-order valence-corrected chi connectivity index (χ1v) is 4.24. The fourth-order valence-corrected chi connectivity index (χ4v) is 0.846. The van der Waals surface area contributed by atoms with Crippen LogP contribution >= 0.6 is 0 Å². The van der Waals surface area contributed by atoms with Gasteiger partial charge in [0, 0.05) is 18.3 Å². The van der Waals surface area contributed by atoms with Gasteiger partial charge in [0.2, 0.25) is 0 Å². The molecule has 0 aliphatic rings. The number of carbonyl (C=O) groups excluding carboxylic acids is 1. The zero-order chi connectivity index (χ0) is 12.0. The minimum absolute atomic E-state index is 0.0905. The van der Waals surface area contributed by atoms with Crippen LogP contribution in [0.2, 0.25) is 0 Å². The van der Waals surface area contributed by atoms with Gasteiger partial charge in [-0.3, -0.25) is 15.0 Å². The fraction of sp³-hybridized carbons (Fsp3) is 0.111. The largest absolute Gasteiger partial charge is 0.540 e. The maximum Gasteiger partial charge on any atom is 0.540 e. The van der Waals surface area contributed by atoms with E-state index in [9.17, 15) is 14.9 Å². The number of rotatable bonds is 3. The predicted molar refractivity (Wildman–Crippen MR) is 54.4 cm³/mol. The maximum atomic E-state index is 10.9. The average Bonchev–Trinajstić information content (AvgIpc) is 2.27. The Labute approximate surface area is 90.4 Å². The molecule has 1 aromatic rings. The number of nitro groups is 1. The van der Waals surface area contributed by atoms with Crippen molar-refractivity contribution >= 4 is 18.1 Å². The molecule has 0 fully saturated rings. The van der Waals surface area contributed by atoms with Crippen LogP contribution in [0.5, 0.6) is 5.75 Å². The minimum atomic E-state index is -1.01. The molecule has 7 nitrogen and oxygen atoms in total. The Bertz CT molecular complexity index is 412. The highest BCUT2D eigenvalue weighted by molar-refractivity contribution is 5.65. The normalized spacial score (nSPS) is 10.1. The Morgan fingerprint density at radius 2 is 2.06 bits per heavy atom. The smallest absolute Gasteiger partial charge is 0.393 e. The molecule has 0 aromatic heterocycles. The van der Waals surface area contributed by atoms with Crippen molar-refractivity contribution in [3.05, 3.63) is 34.4 Å². The molecule has 0 bridgehead atoms. The second-order valence-corrected chi connectivity index (χ2v) is 2.56. The van der Waals surface area contributed by atoms with Crippen molar-refractivity contribution in [2.75, 3.05) is 0 Å². The highest BCUT2D eigenvalue weighted by Crippen LogP contribution is 2.17. The van der Waals surface area contributed by atoms with Gasteiger partial charge in [-0.05, 0) is 19.1 Å². The summed E-state index contributed by atoms with van der Waals surface area (Å²) < 4.78 is 4.65. The van der Waals surface area contributed by atoms with Crippen molar-refractivity contribution in [1.82, 2.24) is 0 Å². The quantitative estimate of drug-likeness (QED) is 0.196. The number of carbonyl (C=O) groups is 1. The molecule has 0 radical (unpaired) electrons. The van der Waals surface area contributed by atoms with Crippen molar-refractivity contribution in [3.63, 3.8) is 0 Å². The van der Waals surface area contributed by atoms with E-state index in [2.05, 4.69) is 14.7 Å². The summed E-state index contributed by atoms with van der Waals surface area (Å²) in [6.07, 6.45) is 0.267. The van der Waals surface area contributed by atoms with Gasteiger partial charge in [-0.15, -0.1) is 0 Å². The first-order chi connectivity index (χ1) is 7.63. The zero-order valence-electron chi connectivity index (χ0n) is 8.32. The molecule has 16 heavy (non-hydrogen) atoms. The third-order valence-electron chi connectivity index (χ3n) is 1.48. The van der Waals surface area contributed by atoms with E-state index < -0.39 is 11.1 Å². The van der Waals surface area contributed by atoms with Crippen LogP contribution in [0.15, 0.2) is 29.4 Å². The molecule has 0 saturated carbocycles. The fourth-order valence-electron chi connectivity index (χ4n) is 0.846. The van der Waals surface area contributed by atoms with Crippen molar-refractivity contribution < 1.29 is 19.3 Å². The summed E-state index contributed by atoms with van der Waals surface area (Å²) in [6, 6.07) is 5.00. The summed E-state index contributed by atoms with van der Waals surface area (Å²) in [5, 5.41) is 13.5. The second-order valence-electron chi connectivity index (χ2n) is 2.56. The first-order valence-electron chi connectivity index (χ1n) is 4.24. The van der Waals surface area contributed by atoms with Crippen LogP contribution in [0, 0.1) is 10.1 Å². The van der Waals surface area contributed by atoms with Crippen LogP contribution < -0.4 is 4.74 Å². The number of ether oxygens (including phenoxy) is 1. The van der Waals surface area contributed by atoms with Crippen LogP contribution in [0.25, 0.3) is 0 Å². The third kappa shape index (κ3) is 3.37. The van der Waals surface area contributed by atoms with Crippen molar-refractivity contribution in [2.24, 2.45) is 5.16 Å². The van der Waals surface area contributed by atoms with E-state index in [1.165, 1.54) is 30.5 Å². The van der Waals surface area contributed by atoms with Gasteiger partial charge in [-0.2, -0.15) is 0 Å². The van der Waals surface area contributed by atoms with E-state index in [1.807, 2.05) is 0 Å². The van der Waals surface area contributed by atoms with Gasteiger partial charge in [0.05, 0.1) is 4.92 Å². The van der Waals surface area contributed by atoms with E-state index in [1.54, 1.807) is 6.92 Å². The lowest BCUT2D eigenvalue weighted by Gasteiger charge is -2.00. The van der Waals surface area contributed by atoms with Gasteiger partial charge in [0.1, 0.15) is 5.75 Å². The van der Waals surface area contributed by atoms with Gasteiger partial charge in [-0.1, -0.05) is 5.16 Å². The van der Waals surface area contributed by atoms with Crippen LogP contribution in [-0.2, 0) is 4.84 Å². The Morgan fingerprint density at radius 3 is 2.56 bits per heavy atom. The lowest BCUT2D eigenvalue weighted by atomic mass is 10.3. The highest BCUT2D eigenvalue weighted by Gasteiger charge is 2.08. The monoisotopic (exact) mass is 224 g/mol. The summed E-state index contributed by atoms with van der Waals surface area (Å²) >= 11 is 0. The van der Waals surface area contributed by atoms with Crippen LogP contribution in [0.4, 0.5) is 10.5 Å². The summed E-state index contributed by atoms with van der Waals surface area (Å²) in [4.78, 5) is 24.9. The Morgan fingerprint density at radius 1 is 1.44 bits per heavy atom. The number of nitrogens with zero attached hydrogens (tertiary/aromatic N) is 2. The predicted octanol–water partition coefficient (Wildman–Crippen LogP) is 2.12. The molecule has 0 atom stereocenters. The summed E-state index contributed by atoms with van der Waals surface area (Å²) in [7, 11) is 0. The summed E-state index contributed by atoms with van der Waals surface area (Å²) in [5.74, 6) is 0.141. The van der Waals surface area contributed by atoms with E-state index in [0.29, 0.717) is 0 Å². The Hall–Kier alpha value is -2.44. The number of hydrogen-bond acceptors (Lipinski definition) is 6. The number of nitro benzene ring substituents is 1. The zero-order valence-corrected chi connectivity index (χ0v) is 8.32. The third-order valence-corrected chi connectivity index (χ3v) is 1.48. The van der Waals surface area contributed by atoms with Crippen molar-refractivity contribution in [3.8, 4) is 5.75 Å². The SMILES string of the molecule is CC=NOC(=O)Oc1ccc([N+](=O)[O-])cc1. The molecule has 0 unspecified atom stereocenters. The molecule has 0 heterocycles. The molecule has 0 amide bonds. The van der Waals surface area contributed by atoms with E-state index in [4.69, 9.17) is 0 Å². The summed E-state index contributed by atoms with van der Waals surface area (Å²) in [6.45, 7) is 1.57. The maximum absolute atomic E-state index is 10.9. The molecule has 7 heteroatoms. The number of non-ortho nitro benzene ring substituents is 1. The minimum Gasteiger partial charge on any atom is -0.393 e. The molecule has 0 spiro atoms. The molecule has 0 aliphatic carbocycles. The molecule has 0 N–H and O–H groups in total. The summed E-state index contributed by atoms with van der Waals surface area (Å²) in [5.41, 5.74) is -0.0905. The first kappa shape index (κ1) is 11.6. The number of hydrogen-bond donors (Lipinski definition) is 0. The van der Waals surface area contributed by atoms with Crippen molar-refractivity contribution in [1.29, 1.82) is 0 Å². The average molecular weight is 224 g/mol. The Kier molecular flexibility index (Phi) is 3.96. The number of oxime groups is 1. The second kappa shape index (κ2) is 5.44. The molecule has 84 valence electrons. The highest BCUT2D eigenvalue weighted by atomic mass is 16.8. The van der Waals surface area contributed by atoms with Gasteiger partial charge in [0.15, 0.2) is 0 Å². The van der Waals surface area contributed by atoms with Crippen LogP contribution in [0.3, 0.4) is 0 Å². The van der Waals surface area contributed by atoms with E-state index >= 15 is 0 Å². The van der Waals surface area contributed by atoms with Gasteiger partial charge >= 0.3 is 6.16 Å². The van der Waals surface area contributed by atoms with Crippen LogP contribution in [0.1, 0.15) is 6.92 Å². The molecule has 0 aliphatic heterocycles. The molecule has 1 aromatic carbocycles. The van der Waals surface area contributed by atoms with Gasteiger partial charge < -0.3 is 4.74 Å². The lowest BCUT2D eigenvalue weighted by Crippen LogP contribution is -2.06. The van der Waals surface area contributed by atoms with Crippen molar-refractivity contribution in [2.45, 2.75) is 6.92 Å². The standard InChI is InChI=1S/C9H8N2O5/c1-2-10-16-9(12)15-8-5-3-7(4-6-8)11(13)14/h2-6H,1H3. The molecule has 1 rings (SSSR count). The molecular weight excluding hydrogens is 216 g/mol. The van der Waals surface area contributed by atoms with E-state index in [-0.39, 0.29) is 11.4 Å². The van der Waals surface area contributed by atoms with E-state index in [0.717, 1.165) is 0 Å². The van der Waals surface area contributed by atoms with Crippen LogP contribution in [-0.4, -0.2) is 17.3 Å². The lowest BCUT2D eigenvalue weighted by molar-refractivity contribution is -0.384. The van der Waals surface area contributed by atoms with Gasteiger partial charge in [0.25, 0.3) is 5.69 Å². The molecule has 0 saturated heterocycles. The van der Waals surface area contributed by atoms with Gasteiger partial charge in [-0.25, -0.2) is 4.79 Å². The number of benzene rings is 1. The topological polar surface area (TPSA) is 91.0 Å².